The second kappa shape index (κ2) is 5.66. The Kier molecular flexibility index (Phi) is 4.03. The molecule has 110 valence electrons. The first-order valence-corrected chi connectivity index (χ1v) is 8.69. The number of anilines is 1. The largest absolute Gasteiger partial charge is 0.389 e. The van der Waals surface area contributed by atoms with Gasteiger partial charge >= 0.3 is 0 Å². The number of nitrogens with zero attached hydrogens (tertiary/aromatic N) is 1. The number of hydrogen-bond acceptors (Lipinski definition) is 3. The van der Waals surface area contributed by atoms with Crippen LogP contribution in [0, 0.1) is 5.82 Å². The van der Waals surface area contributed by atoms with Gasteiger partial charge in [-0.25, -0.2) is 4.39 Å². The van der Waals surface area contributed by atoms with E-state index in [1.807, 2.05) is 0 Å². The molecule has 2 N–H and O–H groups in total. The zero-order valence-electron chi connectivity index (χ0n) is 11.4. The van der Waals surface area contributed by atoms with E-state index < -0.39 is 0 Å². The van der Waals surface area contributed by atoms with Gasteiger partial charge in [0.1, 0.15) is 4.99 Å². The predicted molar refractivity (Wildman–Crippen MR) is 93.8 cm³/mol. The summed E-state index contributed by atoms with van der Waals surface area (Å²) < 4.78 is 15.0. The third kappa shape index (κ3) is 2.49. The van der Waals surface area contributed by atoms with Gasteiger partial charge in [-0.3, -0.25) is 0 Å². The maximum atomic E-state index is 14.7. The molecule has 1 aliphatic heterocycles. The van der Waals surface area contributed by atoms with Gasteiger partial charge < -0.3 is 10.6 Å². The average Bonchev–Trinajstić information content (AvgIpc) is 2.92. The second-order valence-corrected chi connectivity index (χ2v) is 7.28. The van der Waals surface area contributed by atoms with Crippen molar-refractivity contribution in [3.8, 4) is 0 Å². The SMILES string of the molecule is CC1c2ccsc2CCN1c1ccc(C(N)=S)c(Br)c1F. The number of thiocarbonyl (C=S) groups is 1. The summed E-state index contributed by atoms with van der Waals surface area (Å²) in [4.78, 5) is 3.69. The third-order valence-electron chi connectivity index (χ3n) is 3.91. The highest BCUT2D eigenvalue weighted by Crippen LogP contribution is 2.39. The molecule has 1 atom stereocenters. The van der Waals surface area contributed by atoms with Crippen LogP contribution in [0.15, 0.2) is 28.1 Å². The average molecular weight is 385 g/mol. The molecular formula is C15H14BrFN2S2. The van der Waals surface area contributed by atoms with Crippen molar-refractivity contribution in [1.82, 2.24) is 0 Å². The monoisotopic (exact) mass is 384 g/mol. The molecular weight excluding hydrogens is 371 g/mol. The quantitative estimate of drug-likeness (QED) is 0.777. The van der Waals surface area contributed by atoms with Gasteiger partial charge in [0.15, 0.2) is 5.82 Å². The highest BCUT2D eigenvalue weighted by molar-refractivity contribution is 9.10. The first kappa shape index (κ1) is 14.9. The van der Waals surface area contributed by atoms with Crippen LogP contribution in [0.5, 0.6) is 0 Å². The first-order chi connectivity index (χ1) is 10.0. The Morgan fingerprint density at radius 3 is 2.95 bits per heavy atom. The summed E-state index contributed by atoms with van der Waals surface area (Å²) in [5, 5.41) is 2.10. The van der Waals surface area contributed by atoms with Crippen LogP contribution in [0.1, 0.15) is 29.0 Å². The van der Waals surface area contributed by atoms with Gasteiger partial charge in [-0.1, -0.05) is 12.2 Å². The van der Waals surface area contributed by atoms with Crippen molar-refractivity contribution in [3.05, 3.63) is 49.9 Å². The number of nitrogens with two attached hydrogens (primary N) is 1. The van der Waals surface area contributed by atoms with E-state index in [-0.39, 0.29) is 16.8 Å². The lowest BCUT2D eigenvalue weighted by Crippen LogP contribution is -2.33. The van der Waals surface area contributed by atoms with Crippen molar-refractivity contribution in [2.24, 2.45) is 5.73 Å². The van der Waals surface area contributed by atoms with Crippen LogP contribution < -0.4 is 10.6 Å². The van der Waals surface area contributed by atoms with E-state index in [1.165, 1.54) is 10.4 Å². The van der Waals surface area contributed by atoms with E-state index in [1.54, 1.807) is 23.5 Å². The lowest BCUT2D eigenvalue weighted by molar-refractivity contribution is 0.578. The van der Waals surface area contributed by atoms with Gasteiger partial charge in [0.25, 0.3) is 0 Å². The Balaban J connectivity index is 2.02. The van der Waals surface area contributed by atoms with E-state index in [0.29, 0.717) is 15.7 Å². The normalized spacial score (nSPS) is 17.7. The van der Waals surface area contributed by atoms with Crippen LogP contribution in [0.25, 0.3) is 0 Å². The van der Waals surface area contributed by atoms with E-state index in [0.717, 1.165) is 13.0 Å². The molecule has 1 aromatic heterocycles. The third-order valence-corrected chi connectivity index (χ3v) is 5.91. The minimum atomic E-state index is -0.300. The van der Waals surface area contributed by atoms with Crippen molar-refractivity contribution in [3.63, 3.8) is 0 Å². The maximum absolute atomic E-state index is 14.7. The topological polar surface area (TPSA) is 29.3 Å². The van der Waals surface area contributed by atoms with Crippen LogP contribution in [0.4, 0.5) is 10.1 Å². The smallest absolute Gasteiger partial charge is 0.161 e. The molecule has 1 unspecified atom stereocenters. The molecule has 1 aromatic carbocycles. The van der Waals surface area contributed by atoms with Crippen molar-refractivity contribution in [2.45, 2.75) is 19.4 Å². The maximum Gasteiger partial charge on any atom is 0.161 e. The Labute approximate surface area is 140 Å². The molecule has 21 heavy (non-hydrogen) atoms. The van der Waals surface area contributed by atoms with Gasteiger partial charge in [0.2, 0.25) is 0 Å². The van der Waals surface area contributed by atoms with Gasteiger partial charge in [0.05, 0.1) is 16.2 Å². The van der Waals surface area contributed by atoms with Gasteiger partial charge in [-0.15, -0.1) is 11.3 Å². The van der Waals surface area contributed by atoms with E-state index in [9.17, 15) is 4.39 Å². The zero-order valence-corrected chi connectivity index (χ0v) is 14.6. The molecule has 0 spiro atoms. The molecule has 0 radical (unpaired) electrons. The summed E-state index contributed by atoms with van der Waals surface area (Å²) in [5.41, 5.74) is 8.03. The number of benzene rings is 1. The molecule has 1 aliphatic rings. The van der Waals surface area contributed by atoms with E-state index >= 15 is 0 Å². The molecule has 0 bridgehead atoms. The van der Waals surface area contributed by atoms with Gasteiger partial charge in [0, 0.05) is 17.0 Å². The van der Waals surface area contributed by atoms with Gasteiger partial charge in [-0.05, 0) is 58.4 Å². The standard InChI is InChI=1S/C15H14BrFN2S2/c1-8-9-5-7-21-12(9)4-6-19(8)11-3-2-10(15(18)20)13(16)14(11)17/h2-3,5,7-8H,4,6H2,1H3,(H2,18,20). The number of thiophene rings is 1. The zero-order chi connectivity index (χ0) is 15.1. The van der Waals surface area contributed by atoms with Crippen LogP contribution in [0.3, 0.4) is 0 Å². The Hall–Kier alpha value is -0.980. The highest BCUT2D eigenvalue weighted by Gasteiger charge is 2.27. The Bertz CT molecular complexity index is 714. The minimum absolute atomic E-state index is 0.164. The fourth-order valence-electron chi connectivity index (χ4n) is 2.79. The molecule has 0 saturated carbocycles. The molecule has 0 amide bonds. The van der Waals surface area contributed by atoms with Crippen molar-refractivity contribution < 1.29 is 4.39 Å². The lowest BCUT2D eigenvalue weighted by atomic mass is 10.0. The molecule has 0 saturated heterocycles. The number of rotatable bonds is 2. The first-order valence-electron chi connectivity index (χ1n) is 6.61. The summed E-state index contributed by atoms with van der Waals surface area (Å²) in [6.45, 7) is 2.92. The molecule has 2 aromatic rings. The molecule has 2 nitrogen and oxygen atoms in total. The van der Waals surface area contributed by atoms with Crippen LogP contribution >= 0.6 is 39.5 Å². The van der Waals surface area contributed by atoms with Crippen LogP contribution in [-0.4, -0.2) is 11.5 Å². The number of halogens is 2. The number of fused-ring (bicyclic) bond motifs is 1. The summed E-state index contributed by atoms with van der Waals surface area (Å²) in [6, 6.07) is 5.84. The van der Waals surface area contributed by atoms with Crippen molar-refractivity contribution >= 4 is 50.2 Å². The van der Waals surface area contributed by atoms with Crippen molar-refractivity contribution in [2.75, 3.05) is 11.4 Å². The molecule has 2 heterocycles. The van der Waals surface area contributed by atoms with E-state index in [2.05, 4.69) is 39.2 Å². The highest BCUT2D eigenvalue weighted by atomic mass is 79.9. The molecule has 0 aliphatic carbocycles. The van der Waals surface area contributed by atoms with Crippen LogP contribution in [-0.2, 0) is 6.42 Å². The fourth-order valence-corrected chi connectivity index (χ4v) is 4.60. The summed E-state index contributed by atoms with van der Waals surface area (Å²) in [7, 11) is 0. The fraction of sp³-hybridized carbons (Fsp3) is 0.267. The van der Waals surface area contributed by atoms with Crippen LogP contribution in [0.2, 0.25) is 0 Å². The summed E-state index contributed by atoms with van der Waals surface area (Å²) >= 11 is 9.99. The number of hydrogen-bond donors (Lipinski definition) is 1. The lowest BCUT2D eigenvalue weighted by Gasteiger charge is -2.36. The minimum Gasteiger partial charge on any atom is -0.389 e. The van der Waals surface area contributed by atoms with Crippen molar-refractivity contribution in [1.29, 1.82) is 0 Å². The second-order valence-electron chi connectivity index (χ2n) is 5.04. The Morgan fingerprint density at radius 1 is 1.48 bits per heavy atom. The molecule has 0 fully saturated rings. The molecule has 3 rings (SSSR count). The Morgan fingerprint density at radius 2 is 2.24 bits per heavy atom. The summed E-state index contributed by atoms with van der Waals surface area (Å²) in [5.74, 6) is -0.300. The molecule has 6 heteroatoms. The van der Waals surface area contributed by atoms with Gasteiger partial charge in [-0.2, -0.15) is 0 Å². The van der Waals surface area contributed by atoms with E-state index in [4.69, 9.17) is 18.0 Å². The summed E-state index contributed by atoms with van der Waals surface area (Å²) in [6.07, 6.45) is 0.950. The predicted octanol–water partition coefficient (Wildman–Crippen LogP) is 4.41.